The molecule has 192 valence electrons. The molecule has 2 aromatic rings. The van der Waals surface area contributed by atoms with E-state index in [-0.39, 0.29) is 11.3 Å². The highest BCUT2D eigenvalue weighted by molar-refractivity contribution is 7.84. The van der Waals surface area contributed by atoms with Crippen molar-refractivity contribution in [2.24, 2.45) is 11.3 Å². The quantitative estimate of drug-likeness (QED) is 0.0689. The second kappa shape index (κ2) is 13.3. The van der Waals surface area contributed by atoms with Crippen molar-refractivity contribution in [3.05, 3.63) is 74.1 Å². The third-order valence-electron chi connectivity index (χ3n) is 6.11. The summed E-state index contributed by atoms with van der Waals surface area (Å²) in [5.41, 5.74) is 9.59. The first-order valence-electron chi connectivity index (χ1n) is 12.3. The molecule has 1 aromatic heterocycles. The lowest BCUT2D eigenvalue weighted by atomic mass is 9.75. The van der Waals surface area contributed by atoms with E-state index in [0.717, 1.165) is 58.6 Å². The summed E-state index contributed by atoms with van der Waals surface area (Å²) < 4.78 is 0. The molecule has 1 heterocycles. The lowest BCUT2D eigenvalue weighted by Gasteiger charge is -2.32. The van der Waals surface area contributed by atoms with Gasteiger partial charge in [0.25, 0.3) is 0 Å². The number of allylic oxidation sites excluding steroid dienone is 3. The minimum atomic E-state index is -0.00877. The Hall–Kier alpha value is -2.06. The predicted octanol–water partition coefficient (Wildman–Crippen LogP) is 7.08. The summed E-state index contributed by atoms with van der Waals surface area (Å²) in [6.45, 7) is 21.5. The van der Waals surface area contributed by atoms with E-state index in [2.05, 4.69) is 95.0 Å². The molecule has 0 saturated carbocycles. The lowest BCUT2D eigenvalue weighted by molar-refractivity contribution is 0.356. The summed E-state index contributed by atoms with van der Waals surface area (Å²) in [5, 5.41) is 8.11. The fraction of sp³-hybridized carbons (Fsp3) is 0.464. The number of thiol groups is 1. The van der Waals surface area contributed by atoms with Gasteiger partial charge >= 0.3 is 0 Å². The Labute approximate surface area is 221 Å². The molecule has 35 heavy (non-hydrogen) atoms. The Morgan fingerprint density at radius 3 is 2.57 bits per heavy atom. The van der Waals surface area contributed by atoms with Crippen molar-refractivity contribution in [1.82, 2.24) is 10.3 Å². The smallest absolute Gasteiger partial charge is 0.101 e. The van der Waals surface area contributed by atoms with Crippen LogP contribution < -0.4 is 21.9 Å². The summed E-state index contributed by atoms with van der Waals surface area (Å²) in [4.78, 5) is 7.32. The van der Waals surface area contributed by atoms with Crippen molar-refractivity contribution in [1.29, 1.82) is 0 Å². The molecule has 5 N–H and O–H groups in total. The van der Waals surface area contributed by atoms with E-state index in [9.17, 15) is 0 Å². The normalized spacial score (nSPS) is 13.6. The minimum absolute atomic E-state index is 0.00877. The summed E-state index contributed by atoms with van der Waals surface area (Å²) >= 11 is 6.33. The van der Waals surface area contributed by atoms with Crippen LogP contribution in [0.2, 0.25) is 0 Å². The van der Waals surface area contributed by atoms with Gasteiger partial charge in [0.15, 0.2) is 0 Å². The van der Waals surface area contributed by atoms with Gasteiger partial charge in [-0.3, -0.25) is 5.84 Å². The molecule has 7 heteroatoms. The summed E-state index contributed by atoms with van der Waals surface area (Å²) in [5.74, 6) is 6.09. The average molecular weight is 514 g/mol. The Balaban J connectivity index is 2.30. The van der Waals surface area contributed by atoms with Gasteiger partial charge in [-0.25, -0.2) is 4.98 Å². The molecule has 0 bridgehead atoms. The van der Waals surface area contributed by atoms with E-state index in [1.54, 1.807) is 17.4 Å². The Morgan fingerprint density at radius 2 is 2.00 bits per heavy atom. The van der Waals surface area contributed by atoms with Gasteiger partial charge in [-0.2, -0.15) is 0 Å². The van der Waals surface area contributed by atoms with Crippen molar-refractivity contribution in [3.8, 4) is 0 Å². The van der Waals surface area contributed by atoms with Gasteiger partial charge in [-0.15, -0.1) is 24.0 Å². The molecule has 0 fully saturated rings. The van der Waals surface area contributed by atoms with Crippen LogP contribution in [0.4, 0.5) is 11.4 Å². The molecule has 5 nitrogen and oxygen atoms in total. The Bertz CT molecular complexity index is 1060. The van der Waals surface area contributed by atoms with Crippen LogP contribution in [0.1, 0.15) is 73.7 Å². The molecule has 0 radical (unpaired) electrons. The molecule has 0 saturated heterocycles. The fourth-order valence-corrected chi connectivity index (χ4v) is 5.82. The topological polar surface area (TPSA) is 75.0 Å². The van der Waals surface area contributed by atoms with Crippen LogP contribution in [0, 0.1) is 19.3 Å². The average Bonchev–Trinajstić information content (AvgIpc) is 3.16. The van der Waals surface area contributed by atoms with E-state index in [4.69, 9.17) is 10.8 Å². The molecule has 2 rings (SSSR count). The zero-order valence-electron chi connectivity index (χ0n) is 22.4. The largest absolute Gasteiger partial charge is 0.384 e. The maximum Gasteiger partial charge on any atom is 0.101 e. The van der Waals surface area contributed by atoms with Crippen molar-refractivity contribution in [3.63, 3.8) is 0 Å². The number of aromatic nitrogens is 1. The first-order valence-corrected chi connectivity index (χ1v) is 13.5. The second-order valence-corrected chi connectivity index (χ2v) is 11.5. The van der Waals surface area contributed by atoms with Crippen LogP contribution in [0.3, 0.4) is 0 Å². The SMILES string of the molecule is C=C/C(S)=C(\C=C/C)CCNCc1nc(C(c2ccc(NCC)c(NN)c2C)C(C)(C)C)sc1C. The Kier molecular flexibility index (Phi) is 11.1. The predicted molar refractivity (Wildman–Crippen MR) is 159 cm³/mol. The number of nitrogen functional groups attached to an aromatic ring is 1. The fourth-order valence-electron chi connectivity index (χ4n) is 4.33. The van der Waals surface area contributed by atoms with Gasteiger partial charge in [0.2, 0.25) is 0 Å². The standard InChI is InChI=1S/C28H43N5S2/c1-9-12-20(24(34)10-2)15-16-30-17-23-19(5)35-27(32-23)25(28(6,7)8)21-13-14-22(31-11-3)26(33-29)18(21)4/h9-10,12-14,25,30-31,33-34H,2,11,15-17,29H2,1,3-8H3/b12-9-,24-20-. The van der Waals surface area contributed by atoms with Crippen molar-refractivity contribution >= 4 is 35.3 Å². The van der Waals surface area contributed by atoms with E-state index >= 15 is 0 Å². The van der Waals surface area contributed by atoms with E-state index in [1.165, 1.54) is 16.0 Å². The number of hydrogen-bond donors (Lipinski definition) is 5. The highest BCUT2D eigenvalue weighted by Crippen LogP contribution is 2.45. The molecule has 0 aliphatic carbocycles. The van der Waals surface area contributed by atoms with E-state index in [0.29, 0.717) is 0 Å². The van der Waals surface area contributed by atoms with Gasteiger partial charge in [0.1, 0.15) is 5.01 Å². The molecule has 0 aliphatic heterocycles. The number of thiazole rings is 1. The third-order valence-corrected chi connectivity index (χ3v) is 7.65. The highest BCUT2D eigenvalue weighted by Gasteiger charge is 2.33. The molecule has 1 aromatic carbocycles. The number of nitrogens with one attached hydrogen (secondary N) is 3. The Morgan fingerprint density at radius 1 is 1.29 bits per heavy atom. The molecule has 1 atom stereocenters. The maximum absolute atomic E-state index is 5.93. The van der Waals surface area contributed by atoms with Gasteiger partial charge in [-0.05, 0) is 68.8 Å². The molecule has 0 spiro atoms. The molecular weight excluding hydrogens is 470 g/mol. The van der Waals surface area contributed by atoms with Crippen LogP contribution >= 0.6 is 24.0 Å². The zero-order chi connectivity index (χ0) is 26.2. The summed E-state index contributed by atoms with van der Waals surface area (Å²) in [7, 11) is 0. The number of aryl methyl sites for hydroxylation is 1. The molecule has 0 aliphatic rings. The lowest BCUT2D eigenvalue weighted by Crippen LogP contribution is -2.22. The number of hydrazine groups is 1. The van der Waals surface area contributed by atoms with Gasteiger partial charge < -0.3 is 16.1 Å². The number of rotatable bonds is 12. The number of benzene rings is 1. The van der Waals surface area contributed by atoms with Crippen LogP contribution in [0.5, 0.6) is 0 Å². The van der Waals surface area contributed by atoms with Crippen LogP contribution in [-0.2, 0) is 6.54 Å². The first-order chi connectivity index (χ1) is 16.6. The van der Waals surface area contributed by atoms with Crippen molar-refractivity contribution in [2.45, 2.75) is 67.3 Å². The third kappa shape index (κ3) is 7.46. The van der Waals surface area contributed by atoms with Crippen LogP contribution in [0.25, 0.3) is 0 Å². The van der Waals surface area contributed by atoms with Gasteiger partial charge in [0.05, 0.1) is 17.1 Å². The monoisotopic (exact) mass is 513 g/mol. The van der Waals surface area contributed by atoms with Gasteiger partial charge in [-0.1, -0.05) is 51.6 Å². The number of anilines is 2. The van der Waals surface area contributed by atoms with Crippen molar-refractivity contribution in [2.75, 3.05) is 23.8 Å². The number of hydrogen-bond acceptors (Lipinski definition) is 7. The zero-order valence-corrected chi connectivity index (χ0v) is 24.1. The minimum Gasteiger partial charge on any atom is -0.384 e. The van der Waals surface area contributed by atoms with Crippen molar-refractivity contribution < 1.29 is 0 Å². The van der Waals surface area contributed by atoms with Crippen LogP contribution in [-0.4, -0.2) is 18.1 Å². The number of nitrogens with zero attached hydrogens (tertiary/aromatic N) is 1. The second-order valence-electron chi connectivity index (χ2n) is 9.77. The van der Waals surface area contributed by atoms with E-state index < -0.39 is 0 Å². The van der Waals surface area contributed by atoms with Gasteiger partial charge in [0, 0.05) is 28.8 Å². The summed E-state index contributed by atoms with van der Waals surface area (Å²) in [6, 6.07) is 4.35. The molecular formula is C28H43N5S2. The maximum atomic E-state index is 5.93. The first kappa shape index (κ1) is 29.2. The summed E-state index contributed by atoms with van der Waals surface area (Å²) in [6.07, 6.45) is 6.82. The molecule has 0 amide bonds. The number of nitrogens with two attached hydrogens (primary N) is 1. The van der Waals surface area contributed by atoms with Crippen LogP contribution in [0.15, 0.2) is 47.4 Å². The highest BCUT2D eigenvalue weighted by atomic mass is 32.1. The molecule has 1 unspecified atom stereocenters. The van der Waals surface area contributed by atoms with E-state index in [1.807, 2.05) is 13.0 Å².